The lowest BCUT2D eigenvalue weighted by atomic mass is 9.85. The van der Waals surface area contributed by atoms with E-state index in [0.29, 0.717) is 17.0 Å². The third-order valence-electron chi connectivity index (χ3n) is 3.12. The summed E-state index contributed by atoms with van der Waals surface area (Å²) in [6, 6.07) is 9.56. The molecule has 94 valence electrons. The van der Waals surface area contributed by atoms with Gasteiger partial charge in [-0.25, -0.2) is 0 Å². The third kappa shape index (κ3) is 1.83. The van der Waals surface area contributed by atoms with Crippen LogP contribution in [0.1, 0.15) is 17.0 Å². The number of fused-ring (bicyclic) bond motifs is 1. The highest BCUT2D eigenvalue weighted by Gasteiger charge is 2.30. The quantitative estimate of drug-likeness (QED) is 0.779. The Morgan fingerprint density at radius 2 is 2.11 bits per heavy atom. The monoisotopic (exact) mass is 269 g/mol. The number of hydrogen-bond acceptors (Lipinski definition) is 5. The van der Waals surface area contributed by atoms with Crippen molar-refractivity contribution < 1.29 is 4.74 Å². The van der Waals surface area contributed by atoms with Crippen molar-refractivity contribution >= 4 is 17.0 Å². The average molecular weight is 269 g/mol. The zero-order valence-corrected chi connectivity index (χ0v) is 10.8. The number of nitrogens with two attached hydrogens (primary N) is 2. The Balaban J connectivity index is 2.23. The molecule has 0 bridgehead atoms. The zero-order chi connectivity index (χ0) is 13.4. The van der Waals surface area contributed by atoms with Crippen LogP contribution in [0, 0.1) is 11.3 Å². The molecule has 0 aliphatic carbocycles. The smallest absolute Gasteiger partial charge is 0.205 e. The van der Waals surface area contributed by atoms with Crippen molar-refractivity contribution in [3.63, 3.8) is 0 Å². The van der Waals surface area contributed by atoms with Crippen molar-refractivity contribution in [1.82, 2.24) is 0 Å². The van der Waals surface area contributed by atoms with Crippen LogP contribution in [0.15, 0.2) is 46.5 Å². The maximum atomic E-state index is 9.32. The van der Waals surface area contributed by atoms with Crippen LogP contribution in [0.2, 0.25) is 0 Å². The summed E-state index contributed by atoms with van der Waals surface area (Å²) in [7, 11) is 0. The van der Waals surface area contributed by atoms with Crippen LogP contribution in [-0.2, 0) is 0 Å². The molecule has 0 radical (unpaired) electrons. The first kappa shape index (κ1) is 11.6. The summed E-state index contributed by atoms with van der Waals surface area (Å²) in [4.78, 5) is 0. The van der Waals surface area contributed by atoms with Crippen LogP contribution in [0.4, 0.5) is 5.69 Å². The minimum absolute atomic E-state index is 0.150. The maximum Gasteiger partial charge on any atom is 0.205 e. The van der Waals surface area contributed by atoms with Gasteiger partial charge in [-0.3, -0.25) is 0 Å². The Bertz CT molecular complexity index is 698. The molecule has 19 heavy (non-hydrogen) atoms. The van der Waals surface area contributed by atoms with E-state index in [1.807, 2.05) is 22.9 Å². The normalized spacial score (nSPS) is 17.5. The minimum atomic E-state index is -0.180. The highest BCUT2D eigenvalue weighted by molar-refractivity contribution is 7.08. The van der Waals surface area contributed by atoms with Crippen LogP contribution in [0.25, 0.3) is 0 Å². The molecule has 0 amide bonds. The summed E-state index contributed by atoms with van der Waals surface area (Å²) in [5.41, 5.74) is 14.6. The Labute approximate surface area is 114 Å². The Hall–Kier alpha value is -2.45. The van der Waals surface area contributed by atoms with Crippen LogP contribution >= 0.6 is 11.3 Å². The highest BCUT2D eigenvalue weighted by atomic mass is 32.1. The number of hydrogen-bond donors (Lipinski definition) is 2. The summed E-state index contributed by atoms with van der Waals surface area (Å²) >= 11 is 1.59. The van der Waals surface area contributed by atoms with Crippen molar-refractivity contribution in [1.29, 1.82) is 5.26 Å². The molecule has 2 heterocycles. The van der Waals surface area contributed by atoms with E-state index in [1.165, 1.54) is 0 Å². The van der Waals surface area contributed by atoms with Crippen molar-refractivity contribution in [2.24, 2.45) is 5.73 Å². The number of rotatable bonds is 1. The molecule has 0 fully saturated rings. The van der Waals surface area contributed by atoms with E-state index < -0.39 is 0 Å². The van der Waals surface area contributed by atoms with E-state index in [1.54, 1.807) is 23.5 Å². The van der Waals surface area contributed by atoms with Crippen molar-refractivity contribution in [3.8, 4) is 11.8 Å². The SMILES string of the molecule is N#CC1=C(N)Oc2cc(N)ccc2[C@@H]1c1ccsc1. The molecule has 0 saturated carbocycles. The second-order valence-electron chi connectivity index (χ2n) is 4.28. The lowest BCUT2D eigenvalue weighted by molar-refractivity contribution is 0.394. The molecule has 1 aromatic carbocycles. The minimum Gasteiger partial charge on any atom is -0.440 e. The van der Waals surface area contributed by atoms with E-state index in [4.69, 9.17) is 16.2 Å². The van der Waals surface area contributed by atoms with Gasteiger partial charge in [-0.1, -0.05) is 6.07 Å². The first-order chi connectivity index (χ1) is 9.20. The topological polar surface area (TPSA) is 85.1 Å². The summed E-state index contributed by atoms with van der Waals surface area (Å²) in [6.07, 6.45) is 0. The number of benzene rings is 1. The van der Waals surface area contributed by atoms with Crippen LogP contribution < -0.4 is 16.2 Å². The van der Waals surface area contributed by atoms with Gasteiger partial charge in [0.2, 0.25) is 5.88 Å². The number of nitrogen functional groups attached to an aromatic ring is 1. The predicted molar refractivity (Wildman–Crippen MR) is 74.5 cm³/mol. The van der Waals surface area contributed by atoms with E-state index in [0.717, 1.165) is 11.1 Å². The lowest BCUT2D eigenvalue weighted by Crippen LogP contribution is -2.20. The molecular formula is C14H11N3OS. The first-order valence-electron chi connectivity index (χ1n) is 5.70. The van der Waals surface area contributed by atoms with Gasteiger partial charge < -0.3 is 16.2 Å². The molecule has 4 nitrogen and oxygen atoms in total. The number of ether oxygens (including phenoxy) is 1. The van der Waals surface area contributed by atoms with E-state index in [2.05, 4.69) is 6.07 Å². The number of anilines is 1. The molecule has 1 aliphatic heterocycles. The maximum absolute atomic E-state index is 9.32. The van der Waals surface area contributed by atoms with Crippen LogP contribution in [-0.4, -0.2) is 0 Å². The number of thiophene rings is 1. The first-order valence-corrected chi connectivity index (χ1v) is 6.64. The summed E-state index contributed by atoms with van der Waals surface area (Å²) in [6.45, 7) is 0. The number of allylic oxidation sites excluding steroid dienone is 1. The Kier molecular flexibility index (Phi) is 2.65. The summed E-state index contributed by atoms with van der Waals surface area (Å²) in [5, 5.41) is 13.3. The summed E-state index contributed by atoms with van der Waals surface area (Å²) in [5.74, 6) is 0.588. The molecule has 4 N–H and O–H groups in total. The second kappa shape index (κ2) is 4.34. The van der Waals surface area contributed by atoms with Gasteiger partial charge in [-0.05, 0) is 28.5 Å². The lowest BCUT2D eigenvalue weighted by Gasteiger charge is -2.25. The summed E-state index contributed by atoms with van der Waals surface area (Å²) < 4.78 is 5.50. The molecule has 1 atom stereocenters. The molecule has 1 aliphatic rings. The zero-order valence-electron chi connectivity index (χ0n) is 9.96. The molecule has 3 rings (SSSR count). The fourth-order valence-corrected chi connectivity index (χ4v) is 2.94. The van der Waals surface area contributed by atoms with E-state index in [9.17, 15) is 5.26 Å². The molecule has 0 unspecified atom stereocenters. The van der Waals surface area contributed by atoms with Crippen molar-refractivity contribution in [2.75, 3.05) is 5.73 Å². The average Bonchev–Trinajstić information content (AvgIpc) is 2.90. The van der Waals surface area contributed by atoms with E-state index in [-0.39, 0.29) is 11.8 Å². The van der Waals surface area contributed by atoms with Gasteiger partial charge in [-0.2, -0.15) is 16.6 Å². The molecule has 5 heteroatoms. The third-order valence-corrected chi connectivity index (χ3v) is 3.82. The van der Waals surface area contributed by atoms with Gasteiger partial charge in [-0.15, -0.1) is 0 Å². The standard InChI is InChI=1S/C14H11N3OS/c15-6-11-13(8-3-4-19-7-8)10-2-1-9(16)5-12(10)18-14(11)17/h1-5,7,13H,16-17H2/t13-/m0/s1. The molecular weight excluding hydrogens is 258 g/mol. The second-order valence-corrected chi connectivity index (χ2v) is 5.06. The van der Waals surface area contributed by atoms with Crippen molar-refractivity contribution in [2.45, 2.75) is 5.92 Å². The van der Waals surface area contributed by atoms with Gasteiger partial charge in [0.25, 0.3) is 0 Å². The fourth-order valence-electron chi connectivity index (χ4n) is 2.25. The molecule has 2 aromatic rings. The predicted octanol–water partition coefficient (Wildman–Crippen LogP) is 2.55. The van der Waals surface area contributed by atoms with Gasteiger partial charge in [0.05, 0.1) is 5.92 Å². The number of nitrogens with zero attached hydrogens (tertiary/aromatic N) is 1. The van der Waals surface area contributed by atoms with Crippen molar-refractivity contribution in [3.05, 3.63) is 57.6 Å². The van der Waals surface area contributed by atoms with Gasteiger partial charge in [0.1, 0.15) is 17.4 Å². The fraction of sp³-hybridized carbons (Fsp3) is 0.0714. The van der Waals surface area contributed by atoms with E-state index >= 15 is 0 Å². The number of nitriles is 1. The van der Waals surface area contributed by atoms with Gasteiger partial charge in [0, 0.05) is 17.3 Å². The Morgan fingerprint density at radius 1 is 1.26 bits per heavy atom. The van der Waals surface area contributed by atoms with Crippen LogP contribution in [0.5, 0.6) is 5.75 Å². The highest BCUT2D eigenvalue weighted by Crippen LogP contribution is 2.43. The molecule has 0 spiro atoms. The largest absolute Gasteiger partial charge is 0.440 e. The van der Waals surface area contributed by atoms with Crippen LogP contribution in [0.3, 0.4) is 0 Å². The van der Waals surface area contributed by atoms with Gasteiger partial charge >= 0.3 is 0 Å². The molecule has 0 saturated heterocycles. The molecule has 1 aromatic heterocycles. The van der Waals surface area contributed by atoms with Gasteiger partial charge in [0.15, 0.2) is 0 Å². The Morgan fingerprint density at radius 3 is 2.79 bits per heavy atom.